The number of rotatable bonds is 4. The maximum Gasteiger partial charge on any atom is 0.239 e. The summed E-state index contributed by atoms with van der Waals surface area (Å²) in [4.78, 5) is 16.5. The molecule has 0 spiro atoms. The fourth-order valence-electron chi connectivity index (χ4n) is 2.41. The Balaban J connectivity index is 2.46. The van der Waals surface area contributed by atoms with Crippen LogP contribution in [0.4, 0.5) is 0 Å². The molecule has 0 aromatic rings. The molecule has 1 heterocycles. The average Bonchev–Trinajstić information content (AvgIpc) is 2.36. The minimum Gasteiger partial charge on any atom is -0.341 e. The van der Waals surface area contributed by atoms with Crippen molar-refractivity contribution in [3.63, 3.8) is 0 Å². The first-order valence-electron chi connectivity index (χ1n) is 7.11. The molecule has 0 aliphatic carbocycles. The van der Waals surface area contributed by atoms with Gasteiger partial charge in [-0.2, -0.15) is 0 Å². The minimum absolute atomic E-state index is 0.121. The van der Waals surface area contributed by atoms with Gasteiger partial charge in [0, 0.05) is 25.2 Å². The molecule has 0 aromatic heterocycles. The molecule has 0 unspecified atom stereocenters. The quantitative estimate of drug-likeness (QED) is 0.824. The Morgan fingerprint density at radius 1 is 1.22 bits per heavy atom. The molecule has 0 saturated carbocycles. The highest BCUT2D eigenvalue weighted by Crippen LogP contribution is 2.18. The summed E-state index contributed by atoms with van der Waals surface area (Å²) in [7, 11) is 2.17. The number of nitrogens with two attached hydrogens (primary N) is 1. The SMILES string of the molecule is CC(C)[C@H](N)C(=O)N1CCC(N(C)C(C)C)CC1. The Morgan fingerprint density at radius 2 is 1.72 bits per heavy atom. The van der Waals surface area contributed by atoms with Crippen molar-refractivity contribution in [3.8, 4) is 0 Å². The van der Waals surface area contributed by atoms with Crippen molar-refractivity contribution < 1.29 is 4.79 Å². The van der Waals surface area contributed by atoms with Gasteiger partial charge < -0.3 is 15.5 Å². The predicted molar refractivity (Wildman–Crippen MR) is 75.3 cm³/mol. The third kappa shape index (κ3) is 3.69. The van der Waals surface area contributed by atoms with Crippen LogP contribution in [0.1, 0.15) is 40.5 Å². The predicted octanol–water partition coefficient (Wildman–Crippen LogP) is 1.30. The van der Waals surface area contributed by atoms with Gasteiger partial charge in [-0.1, -0.05) is 13.8 Å². The normalized spacial score (nSPS) is 19.9. The highest BCUT2D eigenvalue weighted by molar-refractivity contribution is 5.82. The number of hydrogen-bond acceptors (Lipinski definition) is 3. The first kappa shape index (κ1) is 15.4. The van der Waals surface area contributed by atoms with Gasteiger partial charge in [0.1, 0.15) is 0 Å². The van der Waals surface area contributed by atoms with E-state index < -0.39 is 0 Å². The molecule has 0 aromatic carbocycles. The number of likely N-dealkylation sites (tertiary alicyclic amines) is 1. The van der Waals surface area contributed by atoms with E-state index >= 15 is 0 Å². The van der Waals surface area contributed by atoms with Gasteiger partial charge in [0.15, 0.2) is 0 Å². The second-order valence-corrected chi connectivity index (χ2v) is 6.09. The van der Waals surface area contributed by atoms with E-state index in [9.17, 15) is 4.79 Å². The van der Waals surface area contributed by atoms with E-state index in [1.807, 2.05) is 18.7 Å². The lowest BCUT2D eigenvalue weighted by Gasteiger charge is -2.39. The van der Waals surface area contributed by atoms with Crippen LogP contribution in [0, 0.1) is 5.92 Å². The van der Waals surface area contributed by atoms with Crippen molar-refractivity contribution in [2.75, 3.05) is 20.1 Å². The van der Waals surface area contributed by atoms with Crippen LogP contribution in [-0.2, 0) is 4.79 Å². The second kappa shape index (κ2) is 6.53. The van der Waals surface area contributed by atoms with Gasteiger partial charge in [-0.05, 0) is 39.7 Å². The van der Waals surface area contributed by atoms with Crippen molar-refractivity contribution in [2.45, 2.75) is 58.7 Å². The van der Waals surface area contributed by atoms with Gasteiger partial charge >= 0.3 is 0 Å². The van der Waals surface area contributed by atoms with E-state index in [2.05, 4.69) is 25.8 Å². The molecule has 1 fully saturated rings. The first-order valence-corrected chi connectivity index (χ1v) is 7.11. The second-order valence-electron chi connectivity index (χ2n) is 6.09. The van der Waals surface area contributed by atoms with E-state index in [1.54, 1.807) is 0 Å². The van der Waals surface area contributed by atoms with Crippen LogP contribution in [0.5, 0.6) is 0 Å². The van der Waals surface area contributed by atoms with Gasteiger partial charge in [0.25, 0.3) is 0 Å². The first-order chi connectivity index (χ1) is 8.34. The number of carbonyl (C=O) groups excluding carboxylic acids is 1. The number of piperidine rings is 1. The summed E-state index contributed by atoms with van der Waals surface area (Å²) in [6, 6.07) is 0.823. The van der Waals surface area contributed by atoms with Gasteiger partial charge in [-0.3, -0.25) is 4.79 Å². The smallest absolute Gasteiger partial charge is 0.239 e. The van der Waals surface area contributed by atoms with E-state index in [1.165, 1.54) is 0 Å². The summed E-state index contributed by atoms with van der Waals surface area (Å²) in [5.74, 6) is 0.337. The van der Waals surface area contributed by atoms with Gasteiger partial charge in [-0.25, -0.2) is 0 Å². The zero-order valence-corrected chi connectivity index (χ0v) is 12.5. The number of amides is 1. The Kier molecular flexibility index (Phi) is 5.60. The molecule has 1 atom stereocenters. The number of hydrogen-bond donors (Lipinski definition) is 1. The fourth-order valence-corrected chi connectivity index (χ4v) is 2.41. The van der Waals surface area contributed by atoms with E-state index in [4.69, 9.17) is 5.73 Å². The van der Waals surface area contributed by atoms with E-state index in [0.717, 1.165) is 25.9 Å². The zero-order chi connectivity index (χ0) is 13.9. The molecule has 1 rings (SSSR count). The monoisotopic (exact) mass is 255 g/mol. The lowest BCUT2D eigenvalue weighted by atomic mass is 9.99. The summed E-state index contributed by atoms with van der Waals surface area (Å²) in [5, 5.41) is 0. The molecule has 4 heteroatoms. The van der Waals surface area contributed by atoms with Crippen LogP contribution >= 0.6 is 0 Å². The molecule has 1 saturated heterocycles. The van der Waals surface area contributed by atoms with Gasteiger partial charge in [0.2, 0.25) is 5.91 Å². The summed E-state index contributed by atoms with van der Waals surface area (Å²) >= 11 is 0. The molecule has 106 valence electrons. The summed E-state index contributed by atoms with van der Waals surface area (Å²) in [5.41, 5.74) is 5.93. The van der Waals surface area contributed by atoms with Gasteiger partial charge in [-0.15, -0.1) is 0 Å². The maximum atomic E-state index is 12.1. The maximum absolute atomic E-state index is 12.1. The molecule has 4 nitrogen and oxygen atoms in total. The van der Waals surface area contributed by atoms with Crippen molar-refractivity contribution in [2.24, 2.45) is 11.7 Å². The van der Waals surface area contributed by atoms with Crippen LogP contribution in [-0.4, -0.2) is 54.0 Å². The molecule has 18 heavy (non-hydrogen) atoms. The summed E-state index contributed by atoms with van der Waals surface area (Å²) < 4.78 is 0. The minimum atomic E-state index is -0.343. The van der Waals surface area contributed by atoms with E-state index in [-0.39, 0.29) is 17.9 Å². The molecule has 1 aliphatic rings. The molecule has 1 aliphatic heterocycles. The van der Waals surface area contributed by atoms with Crippen molar-refractivity contribution in [3.05, 3.63) is 0 Å². The van der Waals surface area contributed by atoms with Crippen LogP contribution < -0.4 is 5.73 Å². The topological polar surface area (TPSA) is 49.6 Å². The Hall–Kier alpha value is -0.610. The van der Waals surface area contributed by atoms with Crippen molar-refractivity contribution in [1.29, 1.82) is 0 Å². The van der Waals surface area contributed by atoms with Crippen LogP contribution in [0.2, 0.25) is 0 Å². The lowest BCUT2D eigenvalue weighted by molar-refractivity contribution is -0.135. The Labute approximate surface area is 111 Å². The standard InChI is InChI=1S/C14H29N3O/c1-10(2)13(15)14(18)17-8-6-12(7-9-17)16(5)11(3)4/h10-13H,6-9,15H2,1-5H3/t13-/m0/s1. The third-order valence-electron chi connectivity index (χ3n) is 4.17. The lowest BCUT2D eigenvalue weighted by Crippen LogP contribution is -2.52. The largest absolute Gasteiger partial charge is 0.341 e. The summed E-state index contributed by atoms with van der Waals surface area (Å²) in [6.45, 7) is 10.1. The molecule has 0 bridgehead atoms. The Morgan fingerprint density at radius 3 is 2.11 bits per heavy atom. The zero-order valence-electron chi connectivity index (χ0n) is 12.5. The highest BCUT2D eigenvalue weighted by atomic mass is 16.2. The number of nitrogens with zero attached hydrogens (tertiary/aromatic N) is 2. The molecule has 2 N–H and O–H groups in total. The Bertz CT molecular complexity index is 270. The average molecular weight is 255 g/mol. The van der Waals surface area contributed by atoms with Crippen molar-refractivity contribution >= 4 is 5.91 Å². The van der Waals surface area contributed by atoms with E-state index in [0.29, 0.717) is 12.1 Å². The van der Waals surface area contributed by atoms with Crippen LogP contribution in [0.3, 0.4) is 0 Å². The third-order valence-corrected chi connectivity index (χ3v) is 4.17. The summed E-state index contributed by atoms with van der Waals surface area (Å²) in [6.07, 6.45) is 2.12. The molecular weight excluding hydrogens is 226 g/mol. The van der Waals surface area contributed by atoms with Crippen LogP contribution in [0.25, 0.3) is 0 Å². The molecular formula is C14H29N3O. The molecule has 1 amide bonds. The molecule has 0 radical (unpaired) electrons. The highest BCUT2D eigenvalue weighted by Gasteiger charge is 2.29. The number of carbonyl (C=O) groups is 1. The van der Waals surface area contributed by atoms with Crippen LogP contribution in [0.15, 0.2) is 0 Å². The van der Waals surface area contributed by atoms with Gasteiger partial charge in [0.05, 0.1) is 6.04 Å². The van der Waals surface area contributed by atoms with Crippen molar-refractivity contribution in [1.82, 2.24) is 9.80 Å². The fraction of sp³-hybridized carbons (Fsp3) is 0.929.